The molecule has 1 fully saturated rings. The standard InChI is InChI=1S/C19H28N2O4/c1-19(2,3)25-18(22)21-10-8-14(9-11-21)20-12-15-13-23-16-6-4-5-7-17(16)24-15/h4-7,14-15,20H,8-13H2,1-3H3. The van der Waals surface area contributed by atoms with Crippen LogP contribution in [0.25, 0.3) is 0 Å². The summed E-state index contributed by atoms with van der Waals surface area (Å²) in [7, 11) is 0. The van der Waals surface area contributed by atoms with E-state index in [9.17, 15) is 4.79 Å². The first-order valence-electron chi connectivity index (χ1n) is 9.00. The van der Waals surface area contributed by atoms with Crippen molar-refractivity contribution in [3.63, 3.8) is 0 Å². The van der Waals surface area contributed by atoms with Gasteiger partial charge in [0.05, 0.1) is 0 Å². The molecule has 2 heterocycles. The monoisotopic (exact) mass is 348 g/mol. The van der Waals surface area contributed by atoms with Gasteiger partial charge in [-0.15, -0.1) is 0 Å². The summed E-state index contributed by atoms with van der Waals surface area (Å²) in [5.74, 6) is 1.62. The lowest BCUT2D eigenvalue weighted by atomic mass is 10.1. The van der Waals surface area contributed by atoms with E-state index in [1.54, 1.807) is 4.90 Å². The highest BCUT2D eigenvalue weighted by atomic mass is 16.6. The van der Waals surface area contributed by atoms with E-state index in [1.807, 2.05) is 45.0 Å². The fourth-order valence-electron chi connectivity index (χ4n) is 3.05. The molecule has 1 amide bonds. The SMILES string of the molecule is CC(C)(C)OC(=O)N1CCC(NCC2COc3ccccc3O2)CC1. The predicted molar refractivity (Wildman–Crippen MR) is 95.2 cm³/mol. The van der Waals surface area contributed by atoms with Crippen LogP contribution in [0.4, 0.5) is 4.79 Å². The maximum absolute atomic E-state index is 12.1. The Kier molecular flexibility index (Phi) is 5.37. The topological polar surface area (TPSA) is 60.0 Å². The van der Waals surface area contributed by atoms with Gasteiger partial charge in [0.2, 0.25) is 0 Å². The van der Waals surface area contributed by atoms with Gasteiger partial charge in [-0.1, -0.05) is 12.1 Å². The molecule has 0 saturated carbocycles. The van der Waals surface area contributed by atoms with Crippen LogP contribution in [0.15, 0.2) is 24.3 Å². The normalized spacial score (nSPS) is 21.1. The van der Waals surface area contributed by atoms with Gasteiger partial charge in [-0.3, -0.25) is 0 Å². The number of fused-ring (bicyclic) bond motifs is 1. The van der Waals surface area contributed by atoms with Gasteiger partial charge in [0, 0.05) is 25.7 Å². The van der Waals surface area contributed by atoms with Crippen LogP contribution in [0.5, 0.6) is 11.5 Å². The Hall–Kier alpha value is -1.95. The Morgan fingerprint density at radius 1 is 1.24 bits per heavy atom. The van der Waals surface area contributed by atoms with Crippen molar-refractivity contribution in [3.8, 4) is 11.5 Å². The number of nitrogens with one attached hydrogen (secondary N) is 1. The number of nitrogens with zero attached hydrogens (tertiary/aromatic N) is 1. The van der Waals surface area contributed by atoms with Gasteiger partial charge in [-0.05, 0) is 45.7 Å². The summed E-state index contributed by atoms with van der Waals surface area (Å²) in [6.07, 6.45) is 1.64. The van der Waals surface area contributed by atoms with E-state index >= 15 is 0 Å². The molecule has 1 aromatic carbocycles. The molecule has 1 N–H and O–H groups in total. The van der Waals surface area contributed by atoms with Crippen molar-refractivity contribution in [2.45, 2.75) is 51.4 Å². The molecule has 138 valence electrons. The molecule has 1 aromatic rings. The van der Waals surface area contributed by atoms with Crippen LogP contribution in [-0.2, 0) is 4.74 Å². The number of rotatable bonds is 3. The second-order valence-corrected chi connectivity index (χ2v) is 7.65. The number of likely N-dealkylation sites (tertiary alicyclic amines) is 1. The number of amides is 1. The van der Waals surface area contributed by atoms with Gasteiger partial charge in [0.1, 0.15) is 18.3 Å². The summed E-state index contributed by atoms with van der Waals surface area (Å²) in [6.45, 7) is 8.41. The van der Waals surface area contributed by atoms with Crippen molar-refractivity contribution >= 4 is 6.09 Å². The molecule has 1 atom stereocenters. The van der Waals surface area contributed by atoms with Gasteiger partial charge >= 0.3 is 6.09 Å². The van der Waals surface area contributed by atoms with Crippen LogP contribution in [0.3, 0.4) is 0 Å². The largest absolute Gasteiger partial charge is 0.486 e. The smallest absolute Gasteiger partial charge is 0.410 e. The van der Waals surface area contributed by atoms with Crippen molar-refractivity contribution in [1.29, 1.82) is 0 Å². The lowest BCUT2D eigenvalue weighted by molar-refractivity contribution is 0.0192. The first-order chi connectivity index (χ1) is 11.9. The summed E-state index contributed by atoms with van der Waals surface area (Å²) in [5.41, 5.74) is -0.444. The van der Waals surface area contributed by atoms with Crippen LogP contribution < -0.4 is 14.8 Å². The predicted octanol–water partition coefficient (Wildman–Crippen LogP) is 2.82. The van der Waals surface area contributed by atoms with E-state index in [-0.39, 0.29) is 12.2 Å². The van der Waals surface area contributed by atoms with Gasteiger partial charge in [0.15, 0.2) is 11.5 Å². The average Bonchev–Trinajstić information content (AvgIpc) is 2.59. The Balaban J connectivity index is 1.39. The third-order valence-corrected chi connectivity index (χ3v) is 4.35. The van der Waals surface area contributed by atoms with E-state index in [0.717, 1.165) is 44.0 Å². The summed E-state index contributed by atoms with van der Waals surface area (Å²) in [5, 5.41) is 3.55. The van der Waals surface area contributed by atoms with Crippen molar-refractivity contribution in [2.75, 3.05) is 26.2 Å². The molecule has 6 heteroatoms. The van der Waals surface area contributed by atoms with Crippen LogP contribution >= 0.6 is 0 Å². The second-order valence-electron chi connectivity index (χ2n) is 7.65. The number of hydrogen-bond acceptors (Lipinski definition) is 5. The molecular formula is C19H28N2O4. The molecule has 1 unspecified atom stereocenters. The Bertz CT molecular complexity index is 591. The van der Waals surface area contributed by atoms with Crippen molar-refractivity contribution in [1.82, 2.24) is 10.2 Å². The van der Waals surface area contributed by atoms with E-state index in [1.165, 1.54) is 0 Å². The molecule has 0 spiro atoms. The number of piperidine rings is 1. The fraction of sp³-hybridized carbons (Fsp3) is 0.632. The molecule has 0 bridgehead atoms. The summed E-state index contributed by atoms with van der Waals surface area (Å²) in [4.78, 5) is 13.9. The Morgan fingerprint density at radius 2 is 1.92 bits per heavy atom. The number of hydrogen-bond donors (Lipinski definition) is 1. The summed E-state index contributed by atoms with van der Waals surface area (Å²) >= 11 is 0. The molecule has 2 aliphatic heterocycles. The van der Waals surface area contributed by atoms with E-state index < -0.39 is 5.60 Å². The fourth-order valence-corrected chi connectivity index (χ4v) is 3.05. The lowest BCUT2D eigenvalue weighted by Gasteiger charge is -2.34. The molecule has 3 rings (SSSR count). The zero-order chi connectivity index (χ0) is 17.9. The third-order valence-electron chi connectivity index (χ3n) is 4.35. The first kappa shape index (κ1) is 17.9. The molecule has 0 aromatic heterocycles. The molecular weight excluding hydrogens is 320 g/mol. The highest BCUT2D eigenvalue weighted by Crippen LogP contribution is 2.30. The molecule has 6 nitrogen and oxygen atoms in total. The van der Waals surface area contributed by atoms with E-state index in [4.69, 9.17) is 14.2 Å². The molecule has 1 saturated heterocycles. The average molecular weight is 348 g/mol. The molecule has 0 radical (unpaired) electrons. The number of carbonyl (C=O) groups is 1. The summed E-state index contributed by atoms with van der Waals surface area (Å²) < 4.78 is 17.1. The minimum atomic E-state index is -0.444. The highest BCUT2D eigenvalue weighted by Gasteiger charge is 2.28. The van der Waals surface area contributed by atoms with Crippen LogP contribution in [-0.4, -0.2) is 55.0 Å². The van der Waals surface area contributed by atoms with Gasteiger partial charge < -0.3 is 24.4 Å². The van der Waals surface area contributed by atoms with Gasteiger partial charge in [-0.25, -0.2) is 4.79 Å². The number of ether oxygens (including phenoxy) is 3. The number of carbonyl (C=O) groups excluding carboxylic acids is 1. The quantitative estimate of drug-likeness (QED) is 0.910. The molecule has 0 aliphatic carbocycles. The van der Waals surface area contributed by atoms with Crippen LogP contribution in [0, 0.1) is 0 Å². The zero-order valence-electron chi connectivity index (χ0n) is 15.3. The first-order valence-corrected chi connectivity index (χ1v) is 9.00. The molecule has 25 heavy (non-hydrogen) atoms. The second kappa shape index (κ2) is 7.52. The molecule has 2 aliphatic rings. The van der Waals surface area contributed by atoms with Crippen LogP contribution in [0.2, 0.25) is 0 Å². The minimum absolute atomic E-state index is 0.0128. The summed E-state index contributed by atoms with van der Waals surface area (Å²) in [6, 6.07) is 8.13. The van der Waals surface area contributed by atoms with Crippen molar-refractivity contribution in [2.24, 2.45) is 0 Å². The number of para-hydroxylation sites is 2. The zero-order valence-corrected chi connectivity index (χ0v) is 15.3. The van der Waals surface area contributed by atoms with E-state index in [0.29, 0.717) is 12.6 Å². The highest BCUT2D eigenvalue weighted by molar-refractivity contribution is 5.68. The maximum Gasteiger partial charge on any atom is 0.410 e. The van der Waals surface area contributed by atoms with Crippen LogP contribution in [0.1, 0.15) is 33.6 Å². The Labute approximate surface area is 149 Å². The lowest BCUT2D eigenvalue weighted by Crippen LogP contribution is -2.49. The van der Waals surface area contributed by atoms with Gasteiger partial charge in [-0.2, -0.15) is 0 Å². The van der Waals surface area contributed by atoms with E-state index in [2.05, 4.69) is 5.32 Å². The van der Waals surface area contributed by atoms with Crippen molar-refractivity contribution < 1.29 is 19.0 Å². The minimum Gasteiger partial charge on any atom is -0.486 e. The Morgan fingerprint density at radius 3 is 2.60 bits per heavy atom. The number of benzene rings is 1. The van der Waals surface area contributed by atoms with Gasteiger partial charge in [0.25, 0.3) is 0 Å². The third kappa shape index (κ3) is 5.01. The van der Waals surface area contributed by atoms with Crippen molar-refractivity contribution in [3.05, 3.63) is 24.3 Å². The maximum atomic E-state index is 12.1.